The number of anilines is 2. The molecular formula is C20H32N2O10. The molecule has 1 aromatic carbocycles. The Balaban J connectivity index is 1.81. The van der Waals surface area contributed by atoms with Crippen LogP contribution in [0.2, 0.25) is 0 Å². The van der Waals surface area contributed by atoms with Crippen LogP contribution < -0.4 is 10.6 Å². The highest BCUT2D eigenvalue weighted by Crippen LogP contribution is 2.33. The molecule has 12 heteroatoms. The van der Waals surface area contributed by atoms with Crippen molar-refractivity contribution >= 4 is 11.4 Å². The molecule has 10 N–H and O–H groups in total. The number of ether oxygens (including phenoxy) is 2. The van der Waals surface area contributed by atoms with Crippen molar-refractivity contribution in [2.24, 2.45) is 0 Å². The fourth-order valence-corrected chi connectivity index (χ4v) is 3.85. The van der Waals surface area contributed by atoms with Crippen molar-refractivity contribution in [1.82, 2.24) is 0 Å². The quantitative estimate of drug-likeness (QED) is 0.186. The molecule has 2 aliphatic heterocycles. The van der Waals surface area contributed by atoms with E-state index in [4.69, 9.17) is 19.7 Å². The van der Waals surface area contributed by atoms with E-state index >= 15 is 0 Å². The summed E-state index contributed by atoms with van der Waals surface area (Å²) in [5.74, 6) is 0. The molecule has 0 aliphatic carbocycles. The lowest BCUT2D eigenvalue weighted by molar-refractivity contribution is -0.0776. The maximum absolute atomic E-state index is 10.3. The van der Waals surface area contributed by atoms with Gasteiger partial charge in [-0.05, 0) is 37.1 Å². The van der Waals surface area contributed by atoms with Gasteiger partial charge in [0.15, 0.2) is 12.5 Å². The number of hydrogen-bond acceptors (Lipinski definition) is 12. The van der Waals surface area contributed by atoms with Crippen molar-refractivity contribution < 1.29 is 50.3 Å². The smallest absolute Gasteiger partial charge is 0.157 e. The standard InChI is InChI=1S/C20H32N2O10/c1-7-3-9(21-19-15(29)13(27)17(31-19)11(25)5-23)10(4-8(7)2)22-20-16(30)14(28)18(32-20)12(26)6-24/h3-4,11-30H,5-6H2,1-2H3/t11-,12-,13-,14+,15-,16+,17-,18+,19+,20+/m1/s1. The molecule has 2 saturated heterocycles. The third-order valence-electron chi connectivity index (χ3n) is 5.96. The molecule has 10 atom stereocenters. The van der Waals surface area contributed by atoms with Gasteiger partial charge in [0.1, 0.15) is 48.8 Å². The SMILES string of the molecule is Cc1cc(N[C@H]2O[C@H]([C@H](O)CO)[C@H](O)[C@H]2O)c(N[C@H]2O[C@@H]([C@H](O)CO)[C@@H](O)[C@@H]2O)cc1C. The van der Waals surface area contributed by atoms with Crippen molar-refractivity contribution in [3.05, 3.63) is 23.3 Å². The van der Waals surface area contributed by atoms with Crippen LogP contribution in [0, 0.1) is 13.8 Å². The largest absolute Gasteiger partial charge is 0.394 e. The maximum atomic E-state index is 10.3. The summed E-state index contributed by atoms with van der Waals surface area (Å²) >= 11 is 0. The highest BCUT2D eigenvalue weighted by molar-refractivity contribution is 5.71. The summed E-state index contributed by atoms with van der Waals surface area (Å²) in [5.41, 5.74) is 2.55. The molecule has 0 amide bonds. The van der Waals surface area contributed by atoms with Crippen LogP contribution in [0.1, 0.15) is 11.1 Å². The summed E-state index contributed by atoms with van der Waals surface area (Å²) in [5, 5.41) is 84.7. The zero-order chi connectivity index (χ0) is 23.7. The van der Waals surface area contributed by atoms with Gasteiger partial charge >= 0.3 is 0 Å². The maximum Gasteiger partial charge on any atom is 0.157 e. The van der Waals surface area contributed by atoms with Gasteiger partial charge in [0.05, 0.1) is 24.6 Å². The molecular weight excluding hydrogens is 428 g/mol. The van der Waals surface area contributed by atoms with Gasteiger partial charge in [0, 0.05) is 0 Å². The average Bonchev–Trinajstić information content (AvgIpc) is 3.21. The van der Waals surface area contributed by atoms with Crippen molar-refractivity contribution in [2.45, 2.75) is 75.1 Å². The van der Waals surface area contributed by atoms with Gasteiger partial charge in [-0.3, -0.25) is 0 Å². The fourth-order valence-electron chi connectivity index (χ4n) is 3.85. The molecule has 2 aliphatic rings. The Kier molecular flexibility index (Phi) is 7.93. The van der Waals surface area contributed by atoms with E-state index in [2.05, 4.69) is 10.6 Å². The van der Waals surface area contributed by atoms with Crippen LogP contribution in [0.15, 0.2) is 12.1 Å². The van der Waals surface area contributed by atoms with E-state index < -0.39 is 74.5 Å². The highest BCUT2D eigenvalue weighted by Gasteiger charge is 2.47. The predicted molar refractivity (Wildman–Crippen MR) is 111 cm³/mol. The van der Waals surface area contributed by atoms with Crippen LogP contribution in [0.25, 0.3) is 0 Å². The first-order valence-electron chi connectivity index (χ1n) is 10.3. The molecule has 0 aromatic heterocycles. The van der Waals surface area contributed by atoms with Gasteiger partial charge < -0.3 is 61.0 Å². The van der Waals surface area contributed by atoms with Crippen molar-refractivity contribution in [1.29, 1.82) is 0 Å². The molecule has 0 saturated carbocycles. The number of aliphatic hydroxyl groups excluding tert-OH is 8. The third kappa shape index (κ3) is 4.84. The van der Waals surface area contributed by atoms with Crippen LogP contribution in [0.4, 0.5) is 11.4 Å². The Morgan fingerprint density at radius 3 is 1.38 bits per heavy atom. The number of aryl methyl sites for hydroxylation is 2. The molecule has 12 nitrogen and oxygen atoms in total. The summed E-state index contributed by atoms with van der Waals surface area (Å²) < 4.78 is 11.0. The van der Waals surface area contributed by atoms with Gasteiger partial charge in [-0.25, -0.2) is 0 Å². The van der Waals surface area contributed by atoms with Crippen LogP contribution in [-0.4, -0.2) is 115 Å². The van der Waals surface area contributed by atoms with E-state index in [1.54, 1.807) is 12.1 Å². The molecule has 32 heavy (non-hydrogen) atoms. The first-order valence-corrected chi connectivity index (χ1v) is 10.3. The Hall–Kier alpha value is -1.58. The second kappa shape index (κ2) is 10.1. The van der Waals surface area contributed by atoms with Gasteiger partial charge in [0.25, 0.3) is 0 Å². The number of rotatable bonds is 8. The van der Waals surface area contributed by atoms with Crippen LogP contribution >= 0.6 is 0 Å². The summed E-state index contributed by atoms with van der Waals surface area (Å²) in [6.07, 6.45) is -13.1. The zero-order valence-electron chi connectivity index (χ0n) is 17.7. The lowest BCUT2D eigenvalue weighted by Gasteiger charge is -2.25. The average molecular weight is 460 g/mol. The van der Waals surface area contributed by atoms with E-state index in [9.17, 15) is 30.6 Å². The Bertz CT molecular complexity index is 720. The van der Waals surface area contributed by atoms with Crippen molar-refractivity contribution in [3.63, 3.8) is 0 Å². The molecule has 0 spiro atoms. The van der Waals surface area contributed by atoms with Crippen LogP contribution in [0.5, 0.6) is 0 Å². The number of aliphatic hydroxyl groups is 8. The molecule has 0 unspecified atom stereocenters. The zero-order valence-corrected chi connectivity index (χ0v) is 17.7. The lowest BCUT2D eigenvalue weighted by atomic mass is 10.0. The minimum atomic E-state index is -1.44. The first-order chi connectivity index (χ1) is 15.1. The number of benzene rings is 1. The van der Waals surface area contributed by atoms with Crippen molar-refractivity contribution in [2.75, 3.05) is 23.8 Å². The molecule has 182 valence electrons. The summed E-state index contributed by atoms with van der Waals surface area (Å²) in [7, 11) is 0. The summed E-state index contributed by atoms with van der Waals surface area (Å²) in [6.45, 7) is 2.39. The molecule has 0 radical (unpaired) electrons. The topological polar surface area (TPSA) is 204 Å². The Morgan fingerprint density at radius 2 is 1.06 bits per heavy atom. The highest BCUT2D eigenvalue weighted by atomic mass is 16.6. The van der Waals surface area contributed by atoms with Crippen LogP contribution in [0.3, 0.4) is 0 Å². The van der Waals surface area contributed by atoms with Gasteiger partial charge in [-0.1, -0.05) is 0 Å². The Labute approximate surface area is 184 Å². The molecule has 0 bridgehead atoms. The molecule has 3 rings (SSSR count). The Morgan fingerprint density at radius 1 is 0.719 bits per heavy atom. The molecule has 2 heterocycles. The van der Waals surface area contributed by atoms with E-state index in [-0.39, 0.29) is 0 Å². The second-order valence-electron chi connectivity index (χ2n) is 8.28. The van der Waals surface area contributed by atoms with E-state index in [1.165, 1.54) is 0 Å². The number of hydrogen-bond donors (Lipinski definition) is 10. The monoisotopic (exact) mass is 460 g/mol. The second-order valence-corrected chi connectivity index (χ2v) is 8.28. The fraction of sp³-hybridized carbons (Fsp3) is 0.700. The minimum Gasteiger partial charge on any atom is -0.394 e. The minimum absolute atomic E-state index is 0.403. The van der Waals surface area contributed by atoms with Gasteiger partial charge in [0.2, 0.25) is 0 Å². The molecule has 1 aromatic rings. The van der Waals surface area contributed by atoms with Crippen LogP contribution in [-0.2, 0) is 9.47 Å². The number of nitrogens with one attached hydrogen (secondary N) is 2. The van der Waals surface area contributed by atoms with E-state index in [0.717, 1.165) is 11.1 Å². The molecule has 2 fully saturated rings. The summed E-state index contributed by atoms with van der Waals surface area (Å²) in [6, 6.07) is 3.46. The normalized spacial score (nSPS) is 36.8. The van der Waals surface area contributed by atoms with E-state index in [1.807, 2.05) is 13.8 Å². The van der Waals surface area contributed by atoms with E-state index in [0.29, 0.717) is 11.4 Å². The predicted octanol–water partition coefficient (Wildman–Crippen LogP) is -3.27. The van der Waals surface area contributed by atoms with Gasteiger partial charge in [-0.2, -0.15) is 0 Å². The summed E-state index contributed by atoms with van der Waals surface area (Å²) in [4.78, 5) is 0. The van der Waals surface area contributed by atoms with Crippen molar-refractivity contribution in [3.8, 4) is 0 Å². The first kappa shape index (κ1) is 25.1. The van der Waals surface area contributed by atoms with Gasteiger partial charge in [-0.15, -0.1) is 0 Å². The lowest BCUT2D eigenvalue weighted by Crippen LogP contribution is -2.41. The third-order valence-corrected chi connectivity index (χ3v) is 5.96.